The van der Waals surface area contributed by atoms with Gasteiger partial charge in [0.2, 0.25) is 0 Å². The molecule has 0 saturated heterocycles. The van der Waals surface area contributed by atoms with Gasteiger partial charge in [0.05, 0.1) is 0 Å². The van der Waals surface area contributed by atoms with Gasteiger partial charge in [-0.15, -0.1) is 0 Å². The summed E-state index contributed by atoms with van der Waals surface area (Å²) in [4.78, 5) is 22.2. The van der Waals surface area contributed by atoms with E-state index in [1.54, 1.807) is 0 Å². The Balaban J connectivity index is 2.32. The van der Waals surface area contributed by atoms with Crippen LogP contribution < -0.4 is 0 Å². The Morgan fingerprint density at radius 2 is 1.00 bits per heavy atom. The quantitative estimate of drug-likeness (QED) is 0.556. The molecule has 0 amide bonds. The van der Waals surface area contributed by atoms with E-state index in [0.29, 0.717) is 25.7 Å². The van der Waals surface area contributed by atoms with Crippen LogP contribution in [0.2, 0.25) is 0 Å². The maximum atomic E-state index is 11.1. The van der Waals surface area contributed by atoms with Crippen molar-refractivity contribution < 1.29 is 9.59 Å². The van der Waals surface area contributed by atoms with Crippen molar-refractivity contribution in [3.05, 3.63) is 0 Å². The van der Waals surface area contributed by atoms with E-state index < -0.39 is 0 Å². The topological polar surface area (TPSA) is 34.1 Å². The van der Waals surface area contributed by atoms with Gasteiger partial charge in [0, 0.05) is 25.7 Å². The number of hydrogen-bond donors (Lipinski definition) is 0. The van der Waals surface area contributed by atoms with Crippen molar-refractivity contribution in [2.24, 2.45) is 0 Å². The fourth-order valence-corrected chi connectivity index (χ4v) is 1.53. The zero-order chi connectivity index (χ0) is 8.81. The van der Waals surface area contributed by atoms with Gasteiger partial charge >= 0.3 is 0 Å². The fourth-order valence-electron chi connectivity index (χ4n) is 1.53. The standard InChI is InChI=1S/C10H16O2/c11-9-5-3-1-2-4-6-10(12)8-7-9/h1-8H2. The van der Waals surface area contributed by atoms with Crippen molar-refractivity contribution in [1.29, 1.82) is 0 Å². The Morgan fingerprint density at radius 1 is 0.583 bits per heavy atom. The van der Waals surface area contributed by atoms with E-state index in [9.17, 15) is 9.59 Å². The lowest BCUT2D eigenvalue weighted by molar-refractivity contribution is -0.124. The molecule has 12 heavy (non-hydrogen) atoms. The van der Waals surface area contributed by atoms with Gasteiger partial charge in [0.15, 0.2) is 0 Å². The highest BCUT2D eigenvalue weighted by Crippen LogP contribution is 2.12. The predicted molar refractivity (Wildman–Crippen MR) is 47.0 cm³/mol. The monoisotopic (exact) mass is 168 g/mol. The van der Waals surface area contributed by atoms with E-state index in [2.05, 4.69) is 0 Å². The molecule has 1 rings (SSSR count). The second-order valence-electron chi connectivity index (χ2n) is 3.49. The molecule has 1 fully saturated rings. The van der Waals surface area contributed by atoms with Crippen LogP contribution in [0.4, 0.5) is 0 Å². The third-order valence-electron chi connectivity index (χ3n) is 2.34. The van der Waals surface area contributed by atoms with Crippen LogP contribution in [0.3, 0.4) is 0 Å². The molecule has 0 spiro atoms. The van der Waals surface area contributed by atoms with Gasteiger partial charge in [-0.3, -0.25) is 9.59 Å². The Morgan fingerprint density at radius 3 is 1.42 bits per heavy atom. The minimum Gasteiger partial charge on any atom is -0.300 e. The Hall–Kier alpha value is -0.660. The van der Waals surface area contributed by atoms with Crippen molar-refractivity contribution in [3.8, 4) is 0 Å². The molecule has 0 unspecified atom stereocenters. The molecule has 0 aromatic heterocycles. The zero-order valence-corrected chi connectivity index (χ0v) is 7.47. The van der Waals surface area contributed by atoms with E-state index >= 15 is 0 Å². The van der Waals surface area contributed by atoms with Crippen molar-refractivity contribution in [2.75, 3.05) is 0 Å². The van der Waals surface area contributed by atoms with E-state index in [1.807, 2.05) is 0 Å². The predicted octanol–water partition coefficient (Wildman–Crippen LogP) is 2.26. The number of carbonyl (C=O) groups is 2. The SMILES string of the molecule is O=C1CCCCCCC(=O)CC1. The molecule has 1 aliphatic rings. The average Bonchev–Trinajstić information content (AvgIpc) is 2.07. The highest BCUT2D eigenvalue weighted by Gasteiger charge is 2.08. The van der Waals surface area contributed by atoms with E-state index in [-0.39, 0.29) is 11.6 Å². The summed E-state index contributed by atoms with van der Waals surface area (Å²) in [5, 5.41) is 0. The van der Waals surface area contributed by atoms with Crippen molar-refractivity contribution in [1.82, 2.24) is 0 Å². The summed E-state index contributed by atoms with van der Waals surface area (Å²) < 4.78 is 0. The molecule has 1 saturated carbocycles. The summed E-state index contributed by atoms with van der Waals surface area (Å²) in [5.41, 5.74) is 0. The maximum absolute atomic E-state index is 11.1. The second kappa shape index (κ2) is 5.07. The molecule has 2 heteroatoms. The molecule has 0 radical (unpaired) electrons. The highest BCUT2D eigenvalue weighted by molar-refractivity contribution is 5.85. The summed E-state index contributed by atoms with van der Waals surface area (Å²) in [5.74, 6) is 0.538. The molecule has 0 bridgehead atoms. The molecule has 0 aromatic carbocycles. The summed E-state index contributed by atoms with van der Waals surface area (Å²) >= 11 is 0. The first kappa shape index (κ1) is 9.43. The summed E-state index contributed by atoms with van der Waals surface area (Å²) in [6.45, 7) is 0. The Kier molecular flexibility index (Phi) is 3.98. The lowest BCUT2D eigenvalue weighted by atomic mass is 9.99. The van der Waals surface area contributed by atoms with Crippen LogP contribution >= 0.6 is 0 Å². The van der Waals surface area contributed by atoms with Gasteiger partial charge in [0.25, 0.3) is 0 Å². The molecule has 0 N–H and O–H groups in total. The fraction of sp³-hybridized carbons (Fsp3) is 0.800. The number of carbonyl (C=O) groups excluding carboxylic acids is 2. The Bertz CT molecular complexity index is 153. The van der Waals surface area contributed by atoms with Gasteiger partial charge in [0.1, 0.15) is 11.6 Å². The first-order valence-corrected chi connectivity index (χ1v) is 4.82. The third kappa shape index (κ3) is 3.65. The van der Waals surface area contributed by atoms with E-state index in [4.69, 9.17) is 0 Å². The smallest absolute Gasteiger partial charge is 0.133 e. The van der Waals surface area contributed by atoms with E-state index in [1.165, 1.54) is 0 Å². The van der Waals surface area contributed by atoms with Crippen molar-refractivity contribution >= 4 is 11.6 Å². The molecule has 68 valence electrons. The number of Topliss-reactive ketones (excluding diaryl/α,β-unsaturated/α-hetero) is 2. The molecule has 0 aliphatic heterocycles. The van der Waals surface area contributed by atoms with Gasteiger partial charge in [-0.25, -0.2) is 0 Å². The van der Waals surface area contributed by atoms with Crippen LogP contribution in [0, 0.1) is 0 Å². The largest absolute Gasteiger partial charge is 0.300 e. The minimum absolute atomic E-state index is 0.269. The summed E-state index contributed by atoms with van der Waals surface area (Å²) in [6.07, 6.45) is 6.61. The number of hydrogen-bond acceptors (Lipinski definition) is 2. The van der Waals surface area contributed by atoms with Gasteiger partial charge < -0.3 is 0 Å². The lowest BCUT2D eigenvalue weighted by Gasteiger charge is -2.05. The Labute approximate surface area is 73.3 Å². The first-order chi connectivity index (χ1) is 5.79. The van der Waals surface area contributed by atoms with Gasteiger partial charge in [-0.05, 0) is 12.8 Å². The van der Waals surface area contributed by atoms with E-state index in [0.717, 1.165) is 25.7 Å². The van der Waals surface area contributed by atoms with Gasteiger partial charge in [-0.1, -0.05) is 12.8 Å². The molecule has 1 aliphatic carbocycles. The van der Waals surface area contributed by atoms with Gasteiger partial charge in [-0.2, -0.15) is 0 Å². The first-order valence-electron chi connectivity index (χ1n) is 4.82. The second-order valence-corrected chi connectivity index (χ2v) is 3.49. The maximum Gasteiger partial charge on any atom is 0.133 e. The van der Waals surface area contributed by atoms with Crippen LogP contribution in [-0.4, -0.2) is 11.6 Å². The molecule has 2 nitrogen and oxygen atoms in total. The van der Waals surface area contributed by atoms with Crippen LogP contribution in [0.1, 0.15) is 51.4 Å². The lowest BCUT2D eigenvalue weighted by Crippen LogP contribution is -2.05. The average molecular weight is 168 g/mol. The zero-order valence-electron chi connectivity index (χ0n) is 7.47. The van der Waals surface area contributed by atoms with Crippen molar-refractivity contribution in [3.63, 3.8) is 0 Å². The minimum atomic E-state index is 0.269. The summed E-state index contributed by atoms with van der Waals surface area (Å²) in [7, 11) is 0. The van der Waals surface area contributed by atoms with Crippen LogP contribution in [0.15, 0.2) is 0 Å². The van der Waals surface area contributed by atoms with Crippen LogP contribution in [0.25, 0.3) is 0 Å². The third-order valence-corrected chi connectivity index (χ3v) is 2.34. The molecule has 0 aromatic rings. The van der Waals surface area contributed by atoms with Crippen LogP contribution in [0.5, 0.6) is 0 Å². The molecule has 0 atom stereocenters. The number of ketones is 2. The normalized spacial score (nSPS) is 22.3. The highest BCUT2D eigenvalue weighted by atomic mass is 16.1. The van der Waals surface area contributed by atoms with Crippen molar-refractivity contribution in [2.45, 2.75) is 51.4 Å². The molecular weight excluding hydrogens is 152 g/mol. The molecule has 0 heterocycles. The van der Waals surface area contributed by atoms with Crippen LogP contribution in [-0.2, 0) is 9.59 Å². The molecular formula is C10H16O2. The summed E-state index contributed by atoms with van der Waals surface area (Å²) in [6, 6.07) is 0. The number of rotatable bonds is 0.